The zero-order valence-corrected chi connectivity index (χ0v) is 12.9. The maximum absolute atomic E-state index is 12.3. The molecule has 112 valence electrons. The van der Waals surface area contributed by atoms with Gasteiger partial charge < -0.3 is 9.47 Å². The monoisotopic (exact) mass is 288 g/mol. The van der Waals surface area contributed by atoms with E-state index in [1.165, 1.54) is 0 Å². The van der Waals surface area contributed by atoms with Crippen LogP contribution in [0.5, 0.6) is 0 Å². The summed E-state index contributed by atoms with van der Waals surface area (Å²) < 4.78 is 10.3. The van der Waals surface area contributed by atoms with Crippen molar-refractivity contribution in [2.45, 2.75) is 33.6 Å². The van der Waals surface area contributed by atoms with Crippen molar-refractivity contribution in [3.63, 3.8) is 0 Å². The molecule has 2 rings (SSSR count). The SMILES string of the molecule is CCOC(=O)C1=C(C)c2c(C)cccc2C1C(=O)OCC. The van der Waals surface area contributed by atoms with E-state index in [-0.39, 0.29) is 13.2 Å². The van der Waals surface area contributed by atoms with Crippen molar-refractivity contribution in [3.8, 4) is 0 Å². The second kappa shape index (κ2) is 6.12. The van der Waals surface area contributed by atoms with Gasteiger partial charge in [-0.15, -0.1) is 0 Å². The van der Waals surface area contributed by atoms with Gasteiger partial charge in [-0.05, 0) is 50.0 Å². The van der Waals surface area contributed by atoms with Crippen LogP contribution in [0.25, 0.3) is 5.57 Å². The van der Waals surface area contributed by atoms with Crippen LogP contribution in [0, 0.1) is 6.92 Å². The van der Waals surface area contributed by atoms with Gasteiger partial charge in [0.1, 0.15) is 5.92 Å². The van der Waals surface area contributed by atoms with Gasteiger partial charge >= 0.3 is 11.9 Å². The molecule has 0 spiro atoms. The van der Waals surface area contributed by atoms with Crippen LogP contribution >= 0.6 is 0 Å². The lowest BCUT2D eigenvalue weighted by Crippen LogP contribution is -2.21. The number of aryl methyl sites for hydroxylation is 1. The highest BCUT2D eigenvalue weighted by atomic mass is 16.5. The molecule has 0 amide bonds. The van der Waals surface area contributed by atoms with Gasteiger partial charge in [0, 0.05) is 0 Å². The van der Waals surface area contributed by atoms with Gasteiger partial charge in [0.05, 0.1) is 18.8 Å². The van der Waals surface area contributed by atoms with Crippen molar-refractivity contribution < 1.29 is 19.1 Å². The van der Waals surface area contributed by atoms with Gasteiger partial charge in [0.2, 0.25) is 0 Å². The summed E-state index contributed by atoms with van der Waals surface area (Å²) in [6.07, 6.45) is 0. The Balaban J connectivity index is 2.57. The first-order valence-electron chi connectivity index (χ1n) is 7.17. The maximum Gasteiger partial charge on any atom is 0.335 e. The largest absolute Gasteiger partial charge is 0.465 e. The van der Waals surface area contributed by atoms with Crippen molar-refractivity contribution in [1.29, 1.82) is 0 Å². The average Bonchev–Trinajstić information content (AvgIpc) is 2.74. The molecule has 0 N–H and O–H groups in total. The third kappa shape index (κ3) is 2.58. The molecule has 1 atom stereocenters. The van der Waals surface area contributed by atoms with E-state index >= 15 is 0 Å². The first-order chi connectivity index (χ1) is 10.0. The van der Waals surface area contributed by atoms with Crippen LogP contribution in [0.4, 0.5) is 0 Å². The average molecular weight is 288 g/mol. The molecule has 0 radical (unpaired) electrons. The van der Waals surface area contributed by atoms with E-state index in [9.17, 15) is 9.59 Å². The van der Waals surface area contributed by atoms with Crippen LogP contribution in [-0.4, -0.2) is 25.2 Å². The van der Waals surface area contributed by atoms with Crippen molar-refractivity contribution in [2.24, 2.45) is 0 Å². The Labute approximate surface area is 124 Å². The van der Waals surface area contributed by atoms with E-state index in [2.05, 4.69) is 0 Å². The first-order valence-corrected chi connectivity index (χ1v) is 7.17. The van der Waals surface area contributed by atoms with E-state index < -0.39 is 17.9 Å². The van der Waals surface area contributed by atoms with Gasteiger partial charge in [0.25, 0.3) is 0 Å². The molecule has 21 heavy (non-hydrogen) atoms. The zero-order valence-electron chi connectivity index (χ0n) is 12.9. The Morgan fingerprint density at radius 1 is 1.10 bits per heavy atom. The minimum atomic E-state index is -0.682. The minimum absolute atomic E-state index is 0.278. The Bertz CT molecular complexity index is 613. The van der Waals surface area contributed by atoms with Crippen LogP contribution in [0.15, 0.2) is 23.8 Å². The number of fused-ring (bicyclic) bond motifs is 1. The molecule has 0 heterocycles. The third-order valence-corrected chi connectivity index (χ3v) is 3.70. The molecule has 0 aromatic heterocycles. The van der Waals surface area contributed by atoms with Gasteiger partial charge in [-0.2, -0.15) is 0 Å². The first kappa shape index (κ1) is 15.3. The standard InChI is InChI=1S/C17H20O4/c1-5-20-16(18)14-11(4)13-10(3)8-7-9-12(13)15(14)17(19)21-6-2/h7-9,15H,5-6H2,1-4H3. The molecule has 0 fully saturated rings. The highest BCUT2D eigenvalue weighted by molar-refractivity contribution is 6.09. The molecule has 1 aliphatic carbocycles. The van der Waals surface area contributed by atoms with Crippen LogP contribution in [0.3, 0.4) is 0 Å². The van der Waals surface area contributed by atoms with Gasteiger partial charge in [-0.25, -0.2) is 4.79 Å². The Morgan fingerprint density at radius 2 is 1.76 bits per heavy atom. The molecule has 1 aromatic carbocycles. The molecule has 0 aliphatic heterocycles. The molecule has 0 saturated heterocycles. The second-order valence-electron chi connectivity index (χ2n) is 4.98. The van der Waals surface area contributed by atoms with Gasteiger partial charge in [0.15, 0.2) is 0 Å². The number of benzene rings is 1. The van der Waals surface area contributed by atoms with Crippen LogP contribution in [0.2, 0.25) is 0 Å². The molecular weight excluding hydrogens is 268 g/mol. The Hall–Kier alpha value is -2.10. The number of carbonyl (C=O) groups excluding carboxylic acids is 2. The van der Waals surface area contributed by atoms with E-state index in [0.717, 1.165) is 22.3 Å². The summed E-state index contributed by atoms with van der Waals surface area (Å²) in [6.45, 7) is 7.90. The van der Waals surface area contributed by atoms with Crippen LogP contribution < -0.4 is 0 Å². The number of ether oxygens (including phenoxy) is 2. The fraction of sp³-hybridized carbons (Fsp3) is 0.412. The number of hydrogen-bond acceptors (Lipinski definition) is 4. The number of allylic oxidation sites excluding steroid dienone is 1. The predicted octanol–water partition coefficient (Wildman–Crippen LogP) is 2.99. The maximum atomic E-state index is 12.3. The Kier molecular flexibility index (Phi) is 4.46. The molecule has 4 heteroatoms. The number of esters is 2. The molecule has 1 aliphatic rings. The van der Waals surface area contributed by atoms with Crippen molar-refractivity contribution >= 4 is 17.5 Å². The fourth-order valence-electron chi connectivity index (χ4n) is 2.90. The summed E-state index contributed by atoms with van der Waals surface area (Å²) in [5.41, 5.74) is 4.03. The smallest absolute Gasteiger partial charge is 0.335 e. The normalized spacial score (nSPS) is 16.7. The highest BCUT2D eigenvalue weighted by Gasteiger charge is 2.40. The molecule has 4 nitrogen and oxygen atoms in total. The lowest BCUT2D eigenvalue weighted by Gasteiger charge is -2.14. The predicted molar refractivity (Wildman–Crippen MR) is 79.8 cm³/mol. The van der Waals surface area contributed by atoms with Crippen molar-refractivity contribution in [3.05, 3.63) is 40.5 Å². The summed E-state index contributed by atoms with van der Waals surface area (Å²) in [4.78, 5) is 24.6. The summed E-state index contributed by atoms with van der Waals surface area (Å²) in [6, 6.07) is 5.74. The fourth-order valence-corrected chi connectivity index (χ4v) is 2.90. The number of hydrogen-bond donors (Lipinski definition) is 0. The minimum Gasteiger partial charge on any atom is -0.465 e. The lowest BCUT2D eigenvalue weighted by molar-refractivity contribution is -0.147. The molecule has 1 unspecified atom stereocenters. The Morgan fingerprint density at radius 3 is 2.38 bits per heavy atom. The van der Waals surface area contributed by atoms with E-state index in [1.807, 2.05) is 32.0 Å². The molecule has 0 saturated carbocycles. The van der Waals surface area contributed by atoms with E-state index in [4.69, 9.17) is 9.47 Å². The quantitative estimate of drug-likeness (QED) is 0.799. The summed E-state index contributed by atoms with van der Waals surface area (Å²) >= 11 is 0. The van der Waals surface area contributed by atoms with Gasteiger partial charge in [-0.1, -0.05) is 18.2 Å². The molecule has 1 aromatic rings. The third-order valence-electron chi connectivity index (χ3n) is 3.70. The lowest BCUT2D eigenvalue weighted by atomic mass is 9.94. The van der Waals surface area contributed by atoms with Gasteiger partial charge in [-0.3, -0.25) is 4.79 Å². The summed E-state index contributed by atoms with van der Waals surface area (Å²) in [5, 5.41) is 0. The topological polar surface area (TPSA) is 52.6 Å². The van der Waals surface area contributed by atoms with Crippen molar-refractivity contribution in [2.75, 3.05) is 13.2 Å². The molecular formula is C17H20O4. The highest BCUT2D eigenvalue weighted by Crippen LogP contribution is 2.44. The zero-order chi connectivity index (χ0) is 15.6. The van der Waals surface area contributed by atoms with Crippen LogP contribution in [0.1, 0.15) is 43.4 Å². The second-order valence-corrected chi connectivity index (χ2v) is 4.98. The molecule has 0 bridgehead atoms. The van der Waals surface area contributed by atoms with E-state index in [0.29, 0.717) is 5.57 Å². The number of rotatable bonds is 4. The van der Waals surface area contributed by atoms with Crippen LogP contribution in [-0.2, 0) is 19.1 Å². The summed E-state index contributed by atoms with van der Waals surface area (Å²) in [5.74, 6) is -1.52. The van der Waals surface area contributed by atoms with Crippen molar-refractivity contribution in [1.82, 2.24) is 0 Å². The van der Waals surface area contributed by atoms with E-state index in [1.54, 1.807) is 13.8 Å². The number of carbonyl (C=O) groups is 2. The summed E-state index contributed by atoms with van der Waals surface area (Å²) in [7, 11) is 0.